The number of rotatable bonds is 4. The molecule has 2 heterocycles. The molecular weight excluding hydrogens is 332 g/mol. The maximum atomic E-state index is 12.8. The molecule has 0 unspecified atom stereocenters. The molecule has 4 aromatic rings. The molecule has 0 radical (unpaired) electrons. The topological polar surface area (TPSA) is 82.2 Å². The molecule has 2 aromatic carbocycles. The molecule has 7 heteroatoms. The van der Waals surface area contributed by atoms with Crippen molar-refractivity contribution in [3.63, 3.8) is 0 Å². The van der Waals surface area contributed by atoms with Gasteiger partial charge in [0.2, 0.25) is 0 Å². The fourth-order valence-electron chi connectivity index (χ4n) is 2.83. The van der Waals surface area contributed by atoms with Gasteiger partial charge in [-0.1, -0.05) is 12.1 Å². The molecule has 1 N–H and O–H groups in total. The van der Waals surface area contributed by atoms with Gasteiger partial charge in [0.25, 0.3) is 5.91 Å². The van der Waals surface area contributed by atoms with Crippen LogP contribution in [-0.4, -0.2) is 27.8 Å². The Kier molecular flexibility index (Phi) is 3.89. The zero-order valence-corrected chi connectivity index (χ0v) is 14.3. The molecule has 1 amide bonds. The average molecular weight is 348 g/mol. The Labute approximate surface area is 149 Å². The number of hydrogen-bond acceptors (Lipinski definition) is 5. The summed E-state index contributed by atoms with van der Waals surface area (Å²) < 4.78 is 12.6. The number of furan rings is 1. The standard InChI is InChI=1S/C19H16N4O3/c1-12-14-9-13(25-2)7-8-17(14)26-18(12)19(24)22-15-5-3-4-6-16(15)23-11-20-10-21-23/h3-11H,1-2H3,(H,22,24). The van der Waals surface area contributed by atoms with E-state index < -0.39 is 0 Å². The van der Waals surface area contributed by atoms with E-state index in [2.05, 4.69) is 15.4 Å². The first-order valence-corrected chi connectivity index (χ1v) is 8.00. The van der Waals surface area contributed by atoms with E-state index in [9.17, 15) is 4.79 Å². The molecule has 0 spiro atoms. The van der Waals surface area contributed by atoms with Crippen LogP contribution in [0.25, 0.3) is 16.7 Å². The summed E-state index contributed by atoms with van der Waals surface area (Å²) in [5.41, 5.74) is 2.72. The van der Waals surface area contributed by atoms with Crippen LogP contribution in [0.4, 0.5) is 5.69 Å². The summed E-state index contributed by atoms with van der Waals surface area (Å²) >= 11 is 0. The summed E-state index contributed by atoms with van der Waals surface area (Å²) in [6, 6.07) is 12.8. The Morgan fingerprint density at radius 1 is 1.23 bits per heavy atom. The average Bonchev–Trinajstić information content (AvgIpc) is 3.30. The minimum Gasteiger partial charge on any atom is -0.497 e. The lowest BCUT2D eigenvalue weighted by Crippen LogP contribution is -2.14. The molecule has 0 saturated carbocycles. The normalized spacial score (nSPS) is 10.8. The van der Waals surface area contributed by atoms with Crippen LogP contribution in [0.15, 0.2) is 59.5 Å². The molecule has 2 aromatic heterocycles. The van der Waals surface area contributed by atoms with Crippen LogP contribution in [0.5, 0.6) is 5.75 Å². The third kappa shape index (κ3) is 2.69. The minimum atomic E-state index is -0.328. The molecule has 0 fully saturated rings. The van der Waals surface area contributed by atoms with Crippen LogP contribution in [0.2, 0.25) is 0 Å². The number of hydrogen-bond donors (Lipinski definition) is 1. The number of amides is 1. The van der Waals surface area contributed by atoms with Crippen LogP contribution in [0.1, 0.15) is 16.1 Å². The highest BCUT2D eigenvalue weighted by atomic mass is 16.5. The third-order valence-corrected chi connectivity index (χ3v) is 4.17. The number of ether oxygens (including phenoxy) is 1. The second-order valence-electron chi connectivity index (χ2n) is 5.73. The highest BCUT2D eigenvalue weighted by molar-refractivity contribution is 6.07. The van der Waals surface area contributed by atoms with Gasteiger partial charge < -0.3 is 14.5 Å². The van der Waals surface area contributed by atoms with Gasteiger partial charge >= 0.3 is 0 Å². The van der Waals surface area contributed by atoms with Crippen LogP contribution in [0, 0.1) is 6.92 Å². The molecule has 7 nitrogen and oxygen atoms in total. The number of fused-ring (bicyclic) bond motifs is 1. The predicted molar refractivity (Wildman–Crippen MR) is 96.8 cm³/mol. The largest absolute Gasteiger partial charge is 0.497 e. The molecule has 4 rings (SSSR count). The van der Waals surface area contributed by atoms with Gasteiger partial charge in [-0.2, -0.15) is 5.10 Å². The van der Waals surface area contributed by atoms with Gasteiger partial charge in [-0.3, -0.25) is 4.79 Å². The Balaban J connectivity index is 1.70. The monoisotopic (exact) mass is 348 g/mol. The lowest BCUT2D eigenvalue weighted by molar-refractivity contribution is 0.0998. The Morgan fingerprint density at radius 3 is 2.85 bits per heavy atom. The summed E-state index contributed by atoms with van der Waals surface area (Å²) in [7, 11) is 1.60. The summed E-state index contributed by atoms with van der Waals surface area (Å²) in [6.45, 7) is 1.85. The number of anilines is 1. The zero-order chi connectivity index (χ0) is 18.1. The lowest BCUT2D eigenvalue weighted by atomic mass is 10.1. The van der Waals surface area contributed by atoms with Gasteiger partial charge in [-0.15, -0.1) is 0 Å². The van der Waals surface area contributed by atoms with E-state index in [1.165, 1.54) is 6.33 Å². The molecule has 0 atom stereocenters. The van der Waals surface area contributed by atoms with Crippen molar-refractivity contribution >= 4 is 22.6 Å². The van der Waals surface area contributed by atoms with Gasteiger partial charge in [-0.25, -0.2) is 9.67 Å². The van der Waals surface area contributed by atoms with E-state index in [0.29, 0.717) is 22.7 Å². The summed E-state index contributed by atoms with van der Waals surface area (Å²) in [6.07, 6.45) is 3.01. The van der Waals surface area contributed by atoms with Crippen molar-refractivity contribution in [3.05, 3.63) is 66.4 Å². The molecule has 130 valence electrons. The number of para-hydroxylation sites is 2. The van der Waals surface area contributed by atoms with Crippen molar-refractivity contribution in [1.82, 2.24) is 14.8 Å². The summed E-state index contributed by atoms with van der Waals surface area (Å²) in [5, 5.41) is 7.85. The van der Waals surface area contributed by atoms with Crippen molar-refractivity contribution in [2.24, 2.45) is 0 Å². The Morgan fingerprint density at radius 2 is 2.08 bits per heavy atom. The molecule has 0 bridgehead atoms. The molecule has 0 saturated heterocycles. The van der Waals surface area contributed by atoms with E-state index >= 15 is 0 Å². The maximum Gasteiger partial charge on any atom is 0.291 e. The predicted octanol–water partition coefficient (Wildman–Crippen LogP) is 3.58. The highest BCUT2D eigenvalue weighted by Crippen LogP contribution is 2.29. The second-order valence-corrected chi connectivity index (χ2v) is 5.73. The SMILES string of the molecule is COc1ccc2oc(C(=O)Nc3ccccc3-n3cncn3)c(C)c2c1. The van der Waals surface area contributed by atoms with Crippen LogP contribution in [0.3, 0.4) is 0 Å². The molecule has 0 aliphatic heterocycles. The van der Waals surface area contributed by atoms with E-state index in [4.69, 9.17) is 9.15 Å². The molecular formula is C19H16N4O3. The van der Waals surface area contributed by atoms with Crippen molar-refractivity contribution in [2.45, 2.75) is 6.92 Å². The Bertz CT molecular complexity index is 1080. The van der Waals surface area contributed by atoms with E-state index in [1.807, 2.05) is 31.2 Å². The summed E-state index contributed by atoms with van der Waals surface area (Å²) in [5.74, 6) is 0.650. The molecule has 26 heavy (non-hydrogen) atoms. The first-order valence-electron chi connectivity index (χ1n) is 8.00. The third-order valence-electron chi connectivity index (χ3n) is 4.17. The first-order chi connectivity index (χ1) is 12.7. The van der Waals surface area contributed by atoms with Gasteiger partial charge in [0.1, 0.15) is 24.0 Å². The van der Waals surface area contributed by atoms with Crippen molar-refractivity contribution in [1.29, 1.82) is 0 Å². The van der Waals surface area contributed by atoms with E-state index in [0.717, 1.165) is 10.9 Å². The number of aromatic nitrogens is 3. The number of methoxy groups -OCH3 is 1. The van der Waals surface area contributed by atoms with Gasteiger partial charge in [-0.05, 0) is 37.3 Å². The van der Waals surface area contributed by atoms with Gasteiger partial charge in [0, 0.05) is 10.9 Å². The van der Waals surface area contributed by atoms with Crippen LogP contribution in [-0.2, 0) is 0 Å². The molecule has 0 aliphatic rings. The minimum absolute atomic E-state index is 0.265. The number of aryl methyl sites for hydroxylation is 1. The van der Waals surface area contributed by atoms with Gasteiger partial charge in [0.15, 0.2) is 5.76 Å². The number of nitrogens with zero attached hydrogens (tertiary/aromatic N) is 3. The zero-order valence-electron chi connectivity index (χ0n) is 14.3. The maximum absolute atomic E-state index is 12.8. The fourth-order valence-corrected chi connectivity index (χ4v) is 2.83. The number of nitrogens with one attached hydrogen (secondary N) is 1. The van der Waals surface area contributed by atoms with Gasteiger partial charge in [0.05, 0.1) is 18.5 Å². The molecule has 0 aliphatic carbocycles. The van der Waals surface area contributed by atoms with Crippen LogP contribution >= 0.6 is 0 Å². The van der Waals surface area contributed by atoms with E-state index in [1.54, 1.807) is 36.3 Å². The highest BCUT2D eigenvalue weighted by Gasteiger charge is 2.19. The van der Waals surface area contributed by atoms with Crippen molar-refractivity contribution in [2.75, 3.05) is 12.4 Å². The fraction of sp³-hybridized carbons (Fsp3) is 0.105. The second kappa shape index (κ2) is 6.36. The van der Waals surface area contributed by atoms with E-state index in [-0.39, 0.29) is 11.7 Å². The Hall–Kier alpha value is -3.61. The lowest BCUT2D eigenvalue weighted by Gasteiger charge is -2.09. The van der Waals surface area contributed by atoms with Crippen LogP contribution < -0.4 is 10.1 Å². The quantitative estimate of drug-likeness (QED) is 0.609. The van der Waals surface area contributed by atoms with Crippen molar-refractivity contribution in [3.8, 4) is 11.4 Å². The first kappa shape index (κ1) is 15.9. The number of carbonyl (C=O) groups excluding carboxylic acids is 1. The summed E-state index contributed by atoms with van der Waals surface area (Å²) in [4.78, 5) is 16.7. The number of carbonyl (C=O) groups is 1. The number of benzene rings is 2. The van der Waals surface area contributed by atoms with Crippen molar-refractivity contribution < 1.29 is 13.9 Å². The smallest absolute Gasteiger partial charge is 0.291 e.